The fourth-order valence-corrected chi connectivity index (χ4v) is 4.23. The zero-order chi connectivity index (χ0) is 20.2. The van der Waals surface area contributed by atoms with Crippen molar-refractivity contribution in [1.82, 2.24) is 9.80 Å². The summed E-state index contributed by atoms with van der Waals surface area (Å²) in [7, 11) is 0. The van der Waals surface area contributed by atoms with Crippen LogP contribution in [0.3, 0.4) is 0 Å². The lowest BCUT2D eigenvalue weighted by atomic mass is 10.0. The van der Waals surface area contributed by atoms with Crippen molar-refractivity contribution in [3.63, 3.8) is 0 Å². The van der Waals surface area contributed by atoms with Crippen LogP contribution in [0.5, 0.6) is 0 Å². The Kier molecular flexibility index (Phi) is 6.02. The van der Waals surface area contributed by atoms with Crippen LogP contribution in [-0.2, 0) is 13.1 Å². The van der Waals surface area contributed by atoms with Crippen LogP contribution in [0.25, 0.3) is 0 Å². The van der Waals surface area contributed by atoms with Crippen molar-refractivity contribution < 1.29 is 8.78 Å². The zero-order valence-corrected chi connectivity index (χ0v) is 16.7. The average Bonchev–Trinajstić information content (AvgIpc) is 2.71. The summed E-state index contributed by atoms with van der Waals surface area (Å²) >= 11 is 0. The van der Waals surface area contributed by atoms with Crippen molar-refractivity contribution >= 4 is 0 Å². The predicted molar refractivity (Wildman–Crippen MR) is 112 cm³/mol. The van der Waals surface area contributed by atoms with E-state index in [2.05, 4.69) is 41.0 Å². The molecule has 0 spiro atoms. The molecule has 1 saturated heterocycles. The van der Waals surface area contributed by atoms with Crippen LogP contribution in [0.15, 0.2) is 72.8 Å². The smallest absolute Gasteiger partial charge is 0.129 e. The molecule has 0 aromatic heterocycles. The van der Waals surface area contributed by atoms with Gasteiger partial charge in [0.15, 0.2) is 0 Å². The third kappa shape index (κ3) is 4.72. The number of nitrogens with zero attached hydrogens (tertiary/aromatic N) is 2. The van der Waals surface area contributed by atoms with Gasteiger partial charge in [0.25, 0.3) is 0 Å². The molecule has 1 aliphatic heterocycles. The number of hydrogen-bond donors (Lipinski definition) is 0. The van der Waals surface area contributed by atoms with Crippen LogP contribution in [-0.4, -0.2) is 22.9 Å². The van der Waals surface area contributed by atoms with E-state index in [9.17, 15) is 8.78 Å². The SMILES string of the molecule is Cc1cccc(CN2CCCN(Cc3ccc(F)cc3)C2c2ccccc2F)c1. The molecule has 0 radical (unpaired) electrons. The van der Waals surface area contributed by atoms with Crippen LogP contribution in [0.4, 0.5) is 8.78 Å². The largest absolute Gasteiger partial charge is 0.280 e. The molecule has 0 aliphatic carbocycles. The van der Waals surface area contributed by atoms with Gasteiger partial charge in [-0.2, -0.15) is 0 Å². The van der Waals surface area contributed by atoms with Gasteiger partial charge in [-0.05, 0) is 42.7 Å². The predicted octanol–water partition coefficient (Wildman–Crippen LogP) is 5.68. The molecule has 29 heavy (non-hydrogen) atoms. The van der Waals surface area contributed by atoms with E-state index in [1.54, 1.807) is 6.07 Å². The van der Waals surface area contributed by atoms with Gasteiger partial charge in [-0.1, -0.05) is 60.2 Å². The second kappa shape index (κ2) is 8.85. The molecule has 4 rings (SSSR count). The molecule has 1 fully saturated rings. The lowest BCUT2D eigenvalue weighted by molar-refractivity contribution is -0.0111. The fourth-order valence-electron chi connectivity index (χ4n) is 4.23. The zero-order valence-electron chi connectivity index (χ0n) is 16.7. The van der Waals surface area contributed by atoms with Gasteiger partial charge in [0.2, 0.25) is 0 Å². The Morgan fingerprint density at radius 3 is 2.17 bits per heavy atom. The minimum atomic E-state index is -0.237. The molecule has 0 amide bonds. The number of aryl methyl sites for hydroxylation is 1. The Hall–Kier alpha value is -2.56. The normalized spacial score (nSPS) is 18.1. The second-order valence-electron chi connectivity index (χ2n) is 7.81. The quantitative estimate of drug-likeness (QED) is 0.551. The van der Waals surface area contributed by atoms with Crippen molar-refractivity contribution in [2.75, 3.05) is 13.1 Å². The van der Waals surface area contributed by atoms with E-state index >= 15 is 0 Å². The molecule has 0 saturated carbocycles. The van der Waals surface area contributed by atoms with E-state index in [-0.39, 0.29) is 17.8 Å². The Morgan fingerprint density at radius 1 is 0.793 bits per heavy atom. The maximum atomic E-state index is 14.8. The molecule has 150 valence electrons. The highest BCUT2D eigenvalue weighted by Crippen LogP contribution is 2.33. The lowest BCUT2D eigenvalue weighted by Gasteiger charge is -2.44. The number of halogens is 2. The molecule has 1 aliphatic rings. The fraction of sp³-hybridized carbons (Fsp3) is 0.280. The molecule has 3 aromatic rings. The van der Waals surface area contributed by atoms with Crippen LogP contribution < -0.4 is 0 Å². The molecule has 2 nitrogen and oxygen atoms in total. The lowest BCUT2D eigenvalue weighted by Crippen LogP contribution is -2.47. The Bertz CT molecular complexity index is 955. The third-order valence-electron chi connectivity index (χ3n) is 5.53. The Balaban J connectivity index is 1.66. The second-order valence-corrected chi connectivity index (χ2v) is 7.81. The summed E-state index contributed by atoms with van der Waals surface area (Å²) in [4.78, 5) is 4.64. The minimum absolute atomic E-state index is 0.157. The van der Waals surface area contributed by atoms with Crippen LogP contribution >= 0.6 is 0 Å². The molecule has 0 N–H and O–H groups in total. The highest BCUT2D eigenvalue weighted by Gasteiger charge is 2.32. The number of rotatable bonds is 5. The number of hydrogen-bond acceptors (Lipinski definition) is 2. The van der Waals surface area contributed by atoms with Gasteiger partial charge in [0.1, 0.15) is 11.6 Å². The van der Waals surface area contributed by atoms with Gasteiger partial charge >= 0.3 is 0 Å². The van der Waals surface area contributed by atoms with E-state index in [0.717, 1.165) is 31.6 Å². The summed E-state index contributed by atoms with van der Waals surface area (Å²) in [6.45, 7) is 5.30. The highest BCUT2D eigenvalue weighted by atomic mass is 19.1. The molecule has 4 heteroatoms. The van der Waals surface area contributed by atoms with Gasteiger partial charge < -0.3 is 0 Å². The van der Waals surface area contributed by atoms with Crippen molar-refractivity contribution in [2.45, 2.75) is 32.6 Å². The van der Waals surface area contributed by atoms with E-state index in [1.807, 2.05) is 24.3 Å². The summed E-state index contributed by atoms with van der Waals surface area (Å²) in [5.41, 5.74) is 4.19. The van der Waals surface area contributed by atoms with Crippen LogP contribution in [0.2, 0.25) is 0 Å². The summed E-state index contributed by atoms with van der Waals surface area (Å²) in [6, 6.07) is 22.1. The maximum Gasteiger partial charge on any atom is 0.129 e. The van der Waals surface area contributed by atoms with Crippen molar-refractivity contribution in [1.29, 1.82) is 0 Å². The van der Waals surface area contributed by atoms with E-state index in [4.69, 9.17) is 0 Å². The third-order valence-corrected chi connectivity index (χ3v) is 5.53. The van der Waals surface area contributed by atoms with E-state index in [0.29, 0.717) is 12.1 Å². The van der Waals surface area contributed by atoms with Crippen molar-refractivity contribution in [3.8, 4) is 0 Å². The van der Waals surface area contributed by atoms with Gasteiger partial charge in [-0.25, -0.2) is 8.78 Å². The van der Waals surface area contributed by atoms with Crippen molar-refractivity contribution in [3.05, 3.63) is 107 Å². The first-order valence-electron chi connectivity index (χ1n) is 10.1. The van der Waals surface area contributed by atoms with Crippen LogP contribution in [0.1, 0.15) is 34.8 Å². The molecular formula is C25H26F2N2. The Morgan fingerprint density at radius 2 is 1.48 bits per heavy atom. The topological polar surface area (TPSA) is 6.48 Å². The van der Waals surface area contributed by atoms with Gasteiger partial charge in [0.05, 0.1) is 6.17 Å². The number of benzene rings is 3. The average molecular weight is 392 g/mol. The monoisotopic (exact) mass is 392 g/mol. The molecule has 0 bridgehead atoms. The summed E-state index contributed by atoms with van der Waals surface area (Å²) in [5.74, 6) is -0.420. The van der Waals surface area contributed by atoms with Gasteiger partial charge in [-0.15, -0.1) is 0 Å². The molecule has 1 unspecified atom stereocenters. The molecule has 1 atom stereocenters. The highest BCUT2D eigenvalue weighted by molar-refractivity contribution is 5.25. The van der Waals surface area contributed by atoms with E-state index < -0.39 is 0 Å². The summed E-state index contributed by atoms with van der Waals surface area (Å²) in [5, 5.41) is 0. The molecular weight excluding hydrogens is 366 g/mol. The summed E-state index contributed by atoms with van der Waals surface area (Å²) < 4.78 is 28.1. The first-order chi connectivity index (χ1) is 14.1. The van der Waals surface area contributed by atoms with Gasteiger partial charge in [-0.3, -0.25) is 9.80 Å². The van der Waals surface area contributed by atoms with Crippen molar-refractivity contribution in [2.24, 2.45) is 0 Å². The minimum Gasteiger partial charge on any atom is -0.280 e. The first kappa shape index (κ1) is 19.7. The first-order valence-corrected chi connectivity index (χ1v) is 10.1. The molecule has 1 heterocycles. The Labute approximate surface area is 171 Å². The molecule has 3 aromatic carbocycles. The van der Waals surface area contributed by atoms with Gasteiger partial charge in [0, 0.05) is 31.7 Å². The summed E-state index contributed by atoms with van der Waals surface area (Å²) in [6.07, 6.45) is 0.855. The van der Waals surface area contributed by atoms with E-state index in [1.165, 1.54) is 29.3 Å². The standard InChI is InChI=1S/C25H26F2N2/c1-19-6-4-7-21(16-19)18-29-15-5-14-28(17-20-10-12-22(26)13-11-20)25(29)23-8-2-3-9-24(23)27/h2-4,6-13,16,25H,5,14-15,17-18H2,1H3. The maximum absolute atomic E-state index is 14.8. The van der Waals surface area contributed by atoms with Crippen LogP contribution in [0, 0.1) is 18.6 Å².